The number of hydrogen-bond donors (Lipinski definition) is 1. The molecule has 2 fully saturated rings. The number of carbonyl (C=O) groups excluding carboxylic acids is 3. The number of carbonyl (C=O) groups is 3. The number of rotatable bonds is 4. The predicted octanol–water partition coefficient (Wildman–Crippen LogP) is 2.57. The number of likely N-dealkylation sites (tertiary alicyclic amines) is 1. The first-order valence-electron chi connectivity index (χ1n) is 10.5. The average molecular weight is 480 g/mol. The number of amides is 2. The third kappa shape index (κ3) is 2.12. The summed E-state index contributed by atoms with van der Waals surface area (Å²) in [4.78, 5) is 42.7. The highest BCUT2D eigenvalue weighted by molar-refractivity contribution is 9.10. The highest BCUT2D eigenvalue weighted by atomic mass is 79.9. The van der Waals surface area contributed by atoms with E-state index in [0.29, 0.717) is 6.54 Å². The van der Waals surface area contributed by atoms with Gasteiger partial charge in [-0.05, 0) is 36.1 Å². The van der Waals surface area contributed by atoms with Gasteiger partial charge in [-0.1, -0.05) is 76.6 Å². The van der Waals surface area contributed by atoms with Crippen molar-refractivity contribution in [2.75, 3.05) is 13.1 Å². The van der Waals surface area contributed by atoms with Crippen LogP contribution in [-0.4, -0.2) is 39.9 Å². The molecule has 2 aliphatic carbocycles. The first kappa shape index (κ1) is 20.3. The van der Waals surface area contributed by atoms with E-state index in [-0.39, 0.29) is 24.1 Å². The molecule has 3 N–H and O–H groups in total. The van der Waals surface area contributed by atoms with E-state index in [4.69, 9.17) is 0 Å². The third-order valence-corrected chi connectivity index (χ3v) is 9.06. The van der Waals surface area contributed by atoms with Crippen molar-refractivity contribution in [1.29, 1.82) is 0 Å². The summed E-state index contributed by atoms with van der Waals surface area (Å²) in [5.41, 5.74) is 5.02. The van der Waals surface area contributed by atoms with Crippen LogP contribution in [0.5, 0.6) is 0 Å². The SMILES string of the molecule is CC12C(=O)C(C)(C(c3ccccc3)=C1c1ccccc1)C1(Br)C(=O)N(CC[NH3+])C(=O)C21. The summed E-state index contributed by atoms with van der Waals surface area (Å²) in [5, 5.41) is 0. The van der Waals surface area contributed by atoms with E-state index in [2.05, 4.69) is 21.7 Å². The number of imide groups is 1. The minimum absolute atomic E-state index is 0.0736. The Morgan fingerprint density at radius 3 is 1.94 bits per heavy atom. The van der Waals surface area contributed by atoms with Crippen LogP contribution in [0, 0.1) is 16.7 Å². The number of allylic oxidation sites excluding steroid dienone is 2. The number of hydrogen-bond acceptors (Lipinski definition) is 3. The summed E-state index contributed by atoms with van der Waals surface area (Å²) in [6.45, 7) is 4.36. The van der Waals surface area contributed by atoms with Crippen molar-refractivity contribution in [2.45, 2.75) is 18.2 Å². The number of alkyl halides is 1. The number of halogens is 1. The van der Waals surface area contributed by atoms with Crippen LogP contribution in [0.2, 0.25) is 0 Å². The lowest BCUT2D eigenvalue weighted by molar-refractivity contribution is -0.367. The van der Waals surface area contributed by atoms with Gasteiger partial charge in [0.25, 0.3) is 0 Å². The average Bonchev–Trinajstić information content (AvgIpc) is 3.16. The maximum absolute atomic E-state index is 14.1. The molecular formula is C25H24BrN2O3+. The van der Waals surface area contributed by atoms with Crippen LogP contribution in [0.15, 0.2) is 60.7 Å². The molecule has 2 amide bonds. The highest BCUT2D eigenvalue weighted by Crippen LogP contribution is 2.77. The Morgan fingerprint density at radius 1 is 0.903 bits per heavy atom. The maximum atomic E-state index is 14.1. The zero-order valence-corrected chi connectivity index (χ0v) is 19.1. The van der Waals surface area contributed by atoms with Gasteiger partial charge in [-0.3, -0.25) is 19.3 Å². The van der Waals surface area contributed by atoms with Crippen molar-refractivity contribution in [3.05, 3.63) is 71.8 Å². The molecule has 5 rings (SSSR count). The molecular weight excluding hydrogens is 456 g/mol. The first-order valence-corrected chi connectivity index (χ1v) is 11.3. The maximum Gasteiger partial charge on any atom is 0.248 e. The summed E-state index contributed by atoms with van der Waals surface area (Å²) in [6.07, 6.45) is 0. The summed E-state index contributed by atoms with van der Waals surface area (Å²) >= 11 is 3.73. The molecule has 1 saturated heterocycles. The van der Waals surface area contributed by atoms with Gasteiger partial charge in [0.15, 0.2) is 5.78 Å². The molecule has 2 aromatic rings. The van der Waals surface area contributed by atoms with E-state index in [9.17, 15) is 14.4 Å². The topological polar surface area (TPSA) is 82.1 Å². The Hall–Kier alpha value is -2.57. The zero-order chi connectivity index (χ0) is 22.2. The molecule has 4 unspecified atom stereocenters. The molecule has 6 heteroatoms. The second-order valence-corrected chi connectivity index (χ2v) is 10.2. The van der Waals surface area contributed by atoms with Gasteiger partial charge in [0.1, 0.15) is 4.32 Å². The fourth-order valence-corrected chi connectivity index (χ4v) is 7.47. The summed E-state index contributed by atoms with van der Waals surface area (Å²) in [6, 6.07) is 19.5. The van der Waals surface area contributed by atoms with E-state index in [1.54, 1.807) is 0 Å². The third-order valence-electron chi connectivity index (χ3n) is 7.47. The van der Waals surface area contributed by atoms with Gasteiger partial charge in [0.05, 0.1) is 29.8 Å². The second kappa shape index (κ2) is 6.47. The molecule has 158 valence electrons. The van der Waals surface area contributed by atoms with Crippen molar-refractivity contribution < 1.29 is 20.1 Å². The standard InChI is InChI=1S/C25H23BrN2O3/c1-23-17(15-9-5-3-6-10-15)18(16-11-7-4-8-12-16)24(2,21(23)30)25(26)19(23)20(29)28(14-13-27)22(25)31/h3-12,19H,13-14,27H2,1-2H3/p+1. The number of nitrogens with zero attached hydrogens (tertiary/aromatic N) is 1. The van der Waals surface area contributed by atoms with Gasteiger partial charge in [0.2, 0.25) is 11.8 Å². The molecule has 1 saturated carbocycles. The summed E-state index contributed by atoms with van der Waals surface area (Å²) < 4.78 is -1.30. The van der Waals surface area contributed by atoms with Crippen LogP contribution in [0.25, 0.3) is 11.1 Å². The van der Waals surface area contributed by atoms with Crippen LogP contribution in [0.4, 0.5) is 0 Å². The largest absolute Gasteiger partial charge is 0.356 e. The fraction of sp³-hybridized carbons (Fsp3) is 0.320. The van der Waals surface area contributed by atoms with Crippen LogP contribution in [0.3, 0.4) is 0 Å². The number of ketones is 1. The molecule has 1 aliphatic heterocycles. The van der Waals surface area contributed by atoms with E-state index >= 15 is 0 Å². The predicted molar refractivity (Wildman–Crippen MR) is 121 cm³/mol. The second-order valence-electron chi connectivity index (χ2n) is 8.93. The van der Waals surface area contributed by atoms with Gasteiger partial charge >= 0.3 is 0 Å². The van der Waals surface area contributed by atoms with Gasteiger partial charge in [-0.15, -0.1) is 0 Å². The molecule has 1 heterocycles. The quantitative estimate of drug-likeness (QED) is 0.540. The lowest BCUT2D eigenvalue weighted by Crippen LogP contribution is -2.57. The lowest BCUT2D eigenvalue weighted by atomic mass is 9.63. The van der Waals surface area contributed by atoms with E-state index in [0.717, 1.165) is 22.3 Å². The van der Waals surface area contributed by atoms with Crippen LogP contribution in [-0.2, 0) is 14.4 Å². The van der Waals surface area contributed by atoms with Crippen LogP contribution in [0.1, 0.15) is 25.0 Å². The highest BCUT2D eigenvalue weighted by Gasteiger charge is 2.85. The van der Waals surface area contributed by atoms with Gasteiger partial charge in [0, 0.05) is 0 Å². The van der Waals surface area contributed by atoms with E-state index < -0.39 is 21.1 Å². The molecule has 3 aliphatic rings. The van der Waals surface area contributed by atoms with Gasteiger partial charge in [-0.2, -0.15) is 0 Å². The summed E-state index contributed by atoms with van der Waals surface area (Å²) in [7, 11) is 0. The molecule has 2 bridgehead atoms. The zero-order valence-electron chi connectivity index (χ0n) is 17.5. The van der Waals surface area contributed by atoms with E-state index in [1.165, 1.54) is 4.90 Å². The molecule has 0 radical (unpaired) electrons. The normalized spacial score (nSPS) is 34.1. The van der Waals surface area contributed by atoms with Crippen molar-refractivity contribution in [3.63, 3.8) is 0 Å². The first-order chi connectivity index (χ1) is 14.8. The Balaban J connectivity index is 1.88. The minimum atomic E-state index is -1.30. The number of quaternary nitrogens is 1. The Kier molecular flexibility index (Phi) is 4.24. The number of fused-ring (bicyclic) bond motifs is 5. The van der Waals surface area contributed by atoms with Crippen molar-refractivity contribution >= 4 is 44.7 Å². The molecule has 31 heavy (non-hydrogen) atoms. The lowest BCUT2D eigenvalue weighted by Gasteiger charge is -2.41. The van der Waals surface area contributed by atoms with Crippen molar-refractivity contribution in [2.24, 2.45) is 16.7 Å². The van der Waals surface area contributed by atoms with E-state index in [1.807, 2.05) is 74.5 Å². The van der Waals surface area contributed by atoms with Crippen molar-refractivity contribution in [3.8, 4) is 0 Å². The monoisotopic (exact) mass is 479 g/mol. The number of benzene rings is 2. The number of Topliss-reactive ketones (excluding diaryl/α,β-unsaturated/α-hetero) is 1. The molecule has 0 spiro atoms. The molecule has 2 aromatic carbocycles. The molecule has 0 aromatic heterocycles. The fourth-order valence-electron chi connectivity index (χ4n) is 6.23. The molecule has 5 nitrogen and oxygen atoms in total. The van der Waals surface area contributed by atoms with Crippen LogP contribution < -0.4 is 5.73 Å². The Labute approximate surface area is 189 Å². The minimum Gasteiger partial charge on any atom is -0.356 e. The van der Waals surface area contributed by atoms with Gasteiger partial charge in [-0.25, -0.2) is 0 Å². The molecule has 4 atom stereocenters. The van der Waals surface area contributed by atoms with Crippen LogP contribution >= 0.6 is 15.9 Å². The van der Waals surface area contributed by atoms with Gasteiger partial charge < -0.3 is 5.73 Å². The Morgan fingerprint density at radius 2 is 1.42 bits per heavy atom. The Bertz CT molecular complexity index is 1160. The smallest absolute Gasteiger partial charge is 0.248 e. The van der Waals surface area contributed by atoms with Crippen molar-refractivity contribution in [1.82, 2.24) is 4.90 Å². The summed E-state index contributed by atoms with van der Waals surface area (Å²) in [5.74, 6) is -1.48.